The van der Waals surface area contributed by atoms with Crippen molar-refractivity contribution in [3.8, 4) is 11.8 Å². The van der Waals surface area contributed by atoms with Gasteiger partial charge in [-0.05, 0) is 18.2 Å². The van der Waals surface area contributed by atoms with Gasteiger partial charge in [-0.2, -0.15) is 0 Å². The molecule has 2 N–H and O–H groups in total. The Morgan fingerprint density at radius 3 is 2.69 bits per heavy atom. The number of carbonyl (C=O) groups excluding carboxylic acids is 1. The first-order valence-corrected chi connectivity index (χ1v) is 4.76. The molecule has 1 rings (SSSR count). The summed E-state index contributed by atoms with van der Waals surface area (Å²) in [5, 5.41) is 0. The minimum absolute atomic E-state index is 0.0447. The van der Waals surface area contributed by atoms with Gasteiger partial charge in [0, 0.05) is 19.7 Å². The fourth-order valence-electron chi connectivity index (χ4n) is 1.16. The zero-order chi connectivity index (χ0) is 12.1. The second-order valence-electron chi connectivity index (χ2n) is 3.40. The van der Waals surface area contributed by atoms with E-state index < -0.39 is 5.82 Å². The second kappa shape index (κ2) is 5.29. The summed E-state index contributed by atoms with van der Waals surface area (Å²) in [4.78, 5) is 12.8. The summed E-state index contributed by atoms with van der Waals surface area (Å²) in [6, 6.07) is 4.26. The minimum atomic E-state index is -0.567. The van der Waals surface area contributed by atoms with Crippen LogP contribution in [0.1, 0.15) is 15.9 Å². The Morgan fingerprint density at radius 2 is 2.19 bits per heavy atom. The van der Waals surface area contributed by atoms with E-state index in [1.807, 2.05) is 0 Å². The highest BCUT2D eigenvalue weighted by molar-refractivity contribution is 5.94. The molecule has 0 atom stereocenters. The summed E-state index contributed by atoms with van der Waals surface area (Å²) >= 11 is 0. The third-order valence-corrected chi connectivity index (χ3v) is 1.94. The summed E-state index contributed by atoms with van der Waals surface area (Å²) in [7, 11) is 3.15. The van der Waals surface area contributed by atoms with E-state index in [1.165, 1.54) is 17.0 Å². The first-order valence-electron chi connectivity index (χ1n) is 4.76. The molecule has 1 aromatic rings. The van der Waals surface area contributed by atoms with Crippen molar-refractivity contribution in [1.82, 2.24) is 4.90 Å². The van der Waals surface area contributed by atoms with Gasteiger partial charge in [-0.25, -0.2) is 4.39 Å². The van der Waals surface area contributed by atoms with Gasteiger partial charge in [-0.1, -0.05) is 11.8 Å². The lowest BCUT2D eigenvalue weighted by Crippen LogP contribution is -2.22. The smallest absolute Gasteiger partial charge is 0.256 e. The van der Waals surface area contributed by atoms with E-state index in [1.54, 1.807) is 20.2 Å². The van der Waals surface area contributed by atoms with E-state index in [0.29, 0.717) is 5.56 Å². The predicted molar refractivity (Wildman–Crippen MR) is 60.3 cm³/mol. The first-order chi connectivity index (χ1) is 7.56. The van der Waals surface area contributed by atoms with Gasteiger partial charge in [0.25, 0.3) is 5.91 Å². The highest BCUT2D eigenvalue weighted by Crippen LogP contribution is 2.11. The molecule has 84 valence electrons. The Hall–Kier alpha value is -1.86. The van der Waals surface area contributed by atoms with E-state index >= 15 is 0 Å². The third-order valence-electron chi connectivity index (χ3n) is 1.94. The van der Waals surface area contributed by atoms with Crippen molar-refractivity contribution < 1.29 is 9.18 Å². The number of nitrogens with two attached hydrogens (primary N) is 1. The summed E-state index contributed by atoms with van der Waals surface area (Å²) in [5.74, 6) is 4.39. The van der Waals surface area contributed by atoms with Crippen molar-refractivity contribution in [3.05, 3.63) is 35.1 Å². The Bertz CT molecular complexity index is 458. The van der Waals surface area contributed by atoms with Crippen LogP contribution < -0.4 is 5.73 Å². The maximum atomic E-state index is 13.5. The maximum Gasteiger partial charge on any atom is 0.256 e. The quantitative estimate of drug-likeness (QED) is 0.713. The number of hydrogen-bond donors (Lipinski definition) is 1. The molecule has 4 heteroatoms. The van der Waals surface area contributed by atoms with Gasteiger partial charge >= 0.3 is 0 Å². The van der Waals surface area contributed by atoms with Crippen molar-refractivity contribution in [1.29, 1.82) is 0 Å². The fraction of sp³-hybridized carbons (Fsp3) is 0.250. The van der Waals surface area contributed by atoms with Crippen LogP contribution in [0.2, 0.25) is 0 Å². The summed E-state index contributed by atoms with van der Waals surface area (Å²) in [5.41, 5.74) is 5.76. The average molecular weight is 220 g/mol. The molecule has 0 heterocycles. The van der Waals surface area contributed by atoms with Crippen molar-refractivity contribution in [2.45, 2.75) is 0 Å². The molecule has 1 aromatic carbocycles. The minimum Gasteiger partial charge on any atom is -0.345 e. The molecule has 0 spiro atoms. The van der Waals surface area contributed by atoms with Crippen molar-refractivity contribution >= 4 is 5.91 Å². The van der Waals surface area contributed by atoms with Crippen LogP contribution in [0, 0.1) is 17.7 Å². The molecule has 0 radical (unpaired) electrons. The van der Waals surface area contributed by atoms with Gasteiger partial charge in [0.1, 0.15) is 5.82 Å². The number of halogens is 1. The lowest BCUT2D eigenvalue weighted by molar-refractivity contribution is 0.0823. The zero-order valence-electron chi connectivity index (χ0n) is 9.25. The van der Waals surface area contributed by atoms with Crippen LogP contribution in [0.15, 0.2) is 18.2 Å². The fourth-order valence-corrected chi connectivity index (χ4v) is 1.16. The van der Waals surface area contributed by atoms with Crippen LogP contribution in [0.4, 0.5) is 4.39 Å². The third kappa shape index (κ3) is 2.81. The molecule has 0 aliphatic rings. The molecule has 0 fully saturated rings. The topological polar surface area (TPSA) is 46.3 Å². The number of hydrogen-bond acceptors (Lipinski definition) is 2. The molecular formula is C12H13FN2O. The largest absolute Gasteiger partial charge is 0.345 e. The molecule has 0 aliphatic heterocycles. The monoisotopic (exact) mass is 220 g/mol. The molecule has 0 unspecified atom stereocenters. The van der Waals surface area contributed by atoms with Crippen molar-refractivity contribution in [2.24, 2.45) is 5.73 Å². The standard InChI is InChI=1S/C12H13FN2O/c1-15(2)12(16)10-6-5-9(4-3-7-14)8-11(10)13/h5-6,8H,7,14H2,1-2H3. The molecule has 0 saturated carbocycles. The highest BCUT2D eigenvalue weighted by Gasteiger charge is 2.13. The maximum absolute atomic E-state index is 13.5. The van der Waals surface area contributed by atoms with E-state index in [-0.39, 0.29) is 18.0 Å². The van der Waals surface area contributed by atoms with Crippen molar-refractivity contribution in [3.63, 3.8) is 0 Å². The van der Waals surface area contributed by atoms with Crippen LogP contribution in [0.5, 0.6) is 0 Å². The number of benzene rings is 1. The van der Waals surface area contributed by atoms with Gasteiger partial charge in [-0.15, -0.1) is 0 Å². The Kier molecular flexibility index (Phi) is 4.03. The van der Waals surface area contributed by atoms with Gasteiger partial charge in [0.05, 0.1) is 12.1 Å². The molecule has 0 bridgehead atoms. The number of carbonyl (C=O) groups is 1. The molecule has 0 aliphatic carbocycles. The lowest BCUT2D eigenvalue weighted by atomic mass is 10.1. The van der Waals surface area contributed by atoms with E-state index in [9.17, 15) is 9.18 Å². The van der Waals surface area contributed by atoms with Gasteiger partial charge in [-0.3, -0.25) is 4.79 Å². The molecule has 0 saturated heterocycles. The number of rotatable bonds is 1. The van der Waals surface area contributed by atoms with Gasteiger partial charge in [0.15, 0.2) is 0 Å². The molecule has 3 nitrogen and oxygen atoms in total. The van der Waals surface area contributed by atoms with Crippen LogP contribution in [0.25, 0.3) is 0 Å². The summed E-state index contributed by atoms with van der Waals surface area (Å²) in [6.45, 7) is 0.222. The highest BCUT2D eigenvalue weighted by atomic mass is 19.1. The Balaban J connectivity index is 3.05. The van der Waals surface area contributed by atoms with Crippen LogP contribution in [-0.2, 0) is 0 Å². The molecule has 1 amide bonds. The van der Waals surface area contributed by atoms with Crippen LogP contribution in [-0.4, -0.2) is 31.4 Å². The Labute approximate surface area is 94.0 Å². The van der Waals surface area contributed by atoms with Crippen molar-refractivity contribution in [2.75, 3.05) is 20.6 Å². The van der Waals surface area contributed by atoms with Gasteiger partial charge < -0.3 is 10.6 Å². The molecule has 16 heavy (non-hydrogen) atoms. The average Bonchev–Trinajstić information content (AvgIpc) is 2.25. The summed E-state index contributed by atoms with van der Waals surface area (Å²) in [6.07, 6.45) is 0. The zero-order valence-corrected chi connectivity index (χ0v) is 9.25. The second-order valence-corrected chi connectivity index (χ2v) is 3.40. The van der Waals surface area contributed by atoms with Gasteiger partial charge in [0.2, 0.25) is 0 Å². The van der Waals surface area contributed by atoms with Crippen LogP contribution >= 0.6 is 0 Å². The lowest BCUT2D eigenvalue weighted by Gasteiger charge is -2.10. The molecular weight excluding hydrogens is 207 g/mol. The molecule has 0 aromatic heterocycles. The van der Waals surface area contributed by atoms with E-state index in [4.69, 9.17) is 5.73 Å². The first kappa shape index (κ1) is 12.2. The van der Waals surface area contributed by atoms with E-state index in [0.717, 1.165) is 0 Å². The SMILES string of the molecule is CN(C)C(=O)c1ccc(C#CCN)cc1F. The predicted octanol–water partition coefficient (Wildman–Crippen LogP) is 0.838. The van der Waals surface area contributed by atoms with E-state index in [2.05, 4.69) is 11.8 Å². The normalized spacial score (nSPS) is 9.25. The Morgan fingerprint density at radius 1 is 1.50 bits per heavy atom. The number of amides is 1. The summed E-state index contributed by atoms with van der Waals surface area (Å²) < 4.78 is 13.5. The van der Waals surface area contributed by atoms with Crippen LogP contribution in [0.3, 0.4) is 0 Å². The number of nitrogens with zero attached hydrogens (tertiary/aromatic N) is 1.